The molecule has 2 N–H and O–H groups in total. The Labute approximate surface area is 128 Å². The van der Waals surface area contributed by atoms with Crippen LogP contribution in [-0.4, -0.2) is 19.1 Å². The molecule has 0 aliphatic carbocycles. The van der Waals surface area contributed by atoms with Crippen LogP contribution < -0.4 is 15.4 Å². The number of nitrogens with zero attached hydrogens (tertiary/aromatic N) is 1. The molecule has 2 aromatic carbocycles. The summed E-state index contributed by atoms with van der Waals surface area (Å²) in [6.45, 7) is 0. The third kappa shape index (κ3) is 2.37. The number of hydrogen-bond donors (Lipinski definition) is 1. The van der Waals surface area contributed by atoms with Gasteiger partial charge in [-0.2, -0.15) is 0 Å². The van der Waals surface area contributed by atoms with Crippen molar-refractivity contribution >= 4 is 23.2 Å². The highest BCUT2D eigenvalue weighted by Crippen LogP contribution is 2.39. The van der Waals surface area contributed by atoms with E-state index < -0.39 is 6.04 Å². The third-order valence-electron chi connectivity index (χ3n) is 3.68. The first-order valence-electron chi connectivity index (χ1n) is 6.60. The fraction of sp³-hybridized carbons (Fsp3) is 0.188. The topological polar surface area (TPSA) is 55.6 Å². The van der Waals surface area contributed by atoms with E-state index in [1.54, 1.807) is 18.1 Å². The number of carbonyl (C=O) groups excluding carboxylic acids is 1. The van der Waals surface area contributed by atoms with Gasteiger partial charge in [-0.05, 0) is 42.0 Å². The van der Waals surface area contributed by atoms with Crippen molar-refractivity contribution in [3.05, 3.63) is 59.1 Å². The van der Waals surface area contributed by atoms with Gasteiger partial charge in [0.25, 0.3) is 0 Å². The van der Waals surface area contributed by atoms with Crippen LogP contribution in [0.25, 0.3) is 0 Å². The maximum Gasteiger partial charge on any atom is 0.247 e. The Hall–Kier alpha value is -2.04. The molecule has 108 valence electrons. The van der Waals surface area contributed by atoms with E-state index in [-0.39, 0.29) is 11.9 Å². The van der Waals surface area contributed by atoms with Gasteiger partial charge in [-0.1, -0.05) is 23.7 Å². The minimum Gasteiger partial charge on any atom is -0.497 e. The van der Waals surface area contributed by atoms with Crippen LogP contribution in [0.15, 0.2) is 48.5 Å². The van der Waals surface area contributed by atoms with Crippen LogP contribution in [0.1, 0.15) is 11.6 Å². The predicted octanol–water partition coefficient (Wildman–Crippen LogP) is 2.76. The Morgan fingerprint density at radius 2 is 1.90 bits per heavy atom. The second-order valence-corrected chi connectivity index (χ2v) is 5.37. The number of benzene rings is 2. The first-order chi connectivity index (χ1) is 10.1. The molecule has 0 unspecified atom stereocenters. The fourth-order valence-corrected chi connectivity index (χ4v) is 2.79. The van der Waals surface area contributed by atoms with E-state index in [0.29, 0.717) is 5.02 Å². The van der Waals surface area contributed by atoms with Crippen LogP contribution in [0, 0.1) is 0 Å². The van der Waals surface area contributed by atoms with Gasteiger partial charge in [-0.25, -0.2) is 0 Å². The van der Waals surface area contributed by atoms with Crippen LogP contribution in [0.4, 0.5) is 5.69 Å². The molecule has 1 amide bonds. The van der Waals surface area contributed by atoms with Crippen LogP contribution in [0.5, 0.6) is 5.75 Å². The molecule has 1 aliphatic heterocycles. The van der Waals surface area contributed by atoms with Crippen molar-refractivity contribution in [3.63, 3.8) is 0 Å². The minimum absolute atomic E-state index is 0.0925. The summed E-state index contributed by atoms with van der Waals surface area (Å²) in [7, 11) is 1.61. The highest BCUT2D eigenvalue weighted by atomic mass is 35.5. The summed E-state index contributed by atoms with van der Waals surface area (Å²) in [4.78, 5) is 13.8. The van der Waals surface area contributed by atoms with E-state index in [1.807, 2.05) is 42.5 Å². The summed E-state index contributed by atoms with van der Waals surface area (Å²) in [6.07, 6.45) is 0. The predicted molar refractivity (Wildman–Crippen MR) is 82.6 cm³/mol. The number of methoxy groups -OCH3 is 1. The number of halogens is 1. The number of nitrogens with two attached hydrogens (primary N) is 1. The zero-order valence-electron chi connectivity index (χ0n) is 11.5. The summed E-state index contributed by atoms with van der Waals surface area (Å²) in [5, 5.41) is 0.633. The van der Waals surface area contributed by atoms with Gasteiger partial charge in [0.2, 0.25) is 5.91 Å². The molecule has 1 heterocycles. The molecule has 0 radical (unpaired) electrons. The Balaban J connectivity index is 1.94. The maximum absolute atomic E-state index is 12.1. The van der Waals surface area contributed by atoms with Gasteiger partial charge in [-0.3, -0.25) is 4.79 Å². The summed E-state index contributed by atoms with van der Waals surface area (Å²) in [5.41, 5.74) is 7.71. The second-order valence-electron chi connectivity index (χ2n) is 4.93. The Bertz CT molecular complexity index is 672. The Kier molecular flexibility index (Phi) is 3.57. The van der Waals surface area contributed by atoms with E-state index in [1.165, 1.54) is 0 Å². The van der Waals surface area contributed by atoms with E-state index in [4.69, 9.17) is 22.1 Å². The van der Waals surface area contributed by atoms with Gasteiger partial charge in [0.1, 0.15) is 11.8 Å². The summed E-state index contributed by atoms with van der Waals surface area (Å²) < 4.78 is 5.13. The average Bonchev–Trinajstić information content (AvgIpc) is 2.51. The second kappa shape index (κ2) is 5.39. The van der Waals surface area contributed by atoms with Gasteiger partial charge in [-0.15, -0.1) is 0 Å². The monoisotopic (exact) mass is 302 g/mol. The molecule has 1 fully saturated rings. The fourth-order valence-electron chi connectivity index (χ4n) is 2.59. The normalized spacial score (nSPS) is 21.1. The molecule has 0 bridgehead atoms. The van der Waals surface area contributed by atoms with E-state index in [0.717, 1.165) is 17.0 Å². The van der Waals surface area contributed by atoms with Crippen molar-refractivity contribution in [2.75, 3.05) is 12.0 Å². The quantitative estimate of drug-likeness (QED) is 0.887. The molecule has 2 aromatic rings. The molecule has 3 rings (SSSR count). The summed E-state index contributed by atoms with van der Waals surface area (Å²) in [5.74, 6) is 0.653. The number of rotatable bonds is 3. The minimum atomic E-state index is -0.537. The number of anilines is 1. The van der Waals surface area contributed by atoms with Gasteiger partial charge < -0.3 is 15.4 Å². The number of amides is 1. The molecule has 2 atom stereocenters. The zero-order valence-corrected chi connectivity index (χ0v) is 12.2. The van der Waals surface area contributed by atoms with E-state index in [2.05, 4.69) is 0 Å². The first kappa shape index (κ1) is 13.9. The van der Waals surface area contributed by atoms with Gasteiger partial charge in [0, 0.05) is 10.7 Å². The maximum atomic E-state index is 12.1. The molecular formula is C16H15ClN2O2. The molecule has 0 saturated carbocycles. The Morgan fingerprint density at radius 1 is 1.19 bits per heavy atom. The van der Waals surface area contributed by atoms with Crippen molar-refractivity contribution in [3.8, 4) is 5.75 Å². The van der Waals surface area contributed by atoms with E-state index in [9.17, 15) is 4.79 Å². The zero-order chi connectivity index (χ0) is 15.0. The summed E-state index contributed by atoms with van der Waals surface area (Å²) >= 11 is 6.03. The standard InChI is InChI=1S/C16H15ClN2O2/c1-21-13-7-5-12(6-8-13)19-15(14(18)16(19)20)10-3-2-4-11(17)9-10/h2-9,14-15H,18H2,1H3/t14-,15+/m1/s1. The van der Waals surface area contributed by atoms with Crippen molar-refractivity contribution in [1.82, 2.24) is 0 Å². The van der Waals surface area contributed by atoms with E-state index >= 15 is 0 Å². The molecule has 5 heteroatoms. The lowest BCUT2D eigenvalue weighted by atomic mass is 9.88. The van der Waals surface area contributed by atoms with Crippen LogP contribution >= 0.6 is 11.6 Å². The van der Waals surface area contributed by atoms with Crippen molar-refractivity contribution in [1.29, 1.82) is 0 Å². The molecule has 1 saturated heterocycles. The molecule has 0 aromatic heterocycles. The lowest BCUT2D eigenvalue weighted by Gasteiger charge is -2.45. The lowest BCUT2D eigenvalue weighted by molar-refractivity contribution is -0.126. The largest absolute Gasteiger partial charge is 0.497 e. The first-order valence-corrected chi connectivity index (χ1v) is 6.98. The van der Waals surface area contributed by atoms with Crippen LogP contribution in [0.3, 0.4) is 0 Å². The highest BCUT2D eigenvalue weighted by Gasteiger charge is 2.46. The molecule has 0 spiro atoms. The third-order valence-corrected chi connectivity index (χ3v) is 3.92. The molecule has 4 nitrogen and oxygen atoms in total. The highest BCUT2D eigenvalue weighted by molar-refractivity contribution is 6.30. The number of carbonyl (C=O) groups is 1. The van der Waals surface area contributed by atoms with Gasteiger partial charge in [0.05, 0.1) is 13.2 Å². The molecule has 21 heavy (non-hydrogen) atoms. The molecule has 1 aliphatic rings. The lowest BCUT2D eigenvalue weighted by Crippen LogP contribution is -2.63. The number of hydrogen-bond acceptors (Lipinski definition) is 3. The van der Waals surface area contributed by atoms with Crippen molar-refractivity contribution in [2.24, 2.45) is 5.73 Å². The SMILES string of the molecule is COc1ccc(N2C(=O)[C@H](N)[C@@H]2c2cccc(Cl)c2)cc1. The average molecular weight is 303 g/mol. The van der Waals surface area contributed by atoms with Gasteiger partial charge in [0.15, 0.2) is 0 Å². The van der Waals surface area contributed by atoms with Crippen LogP contribution in [0.2, 0.25) is 5.02 Å². The van der Waals surface area contributed by atoms with Crippen molar-refractivity contribution in [2.45, 2.75) is 12.1 Å². The summed E-state index contributed by atoms with van der Waals surface area (Å²) in [6, 6.07) is 14.0. The Morgan fingerprint density at radius 3 is 2.52 bits per heavy atom. The molecular weight excluding hydrogens is 288 g/mol. The number of β-lactam (4-membered cyclic amide) rings is 1. The van der Waals surface area contributed by atoms with Crippen LogP contribution in [-0.2, 0) is 4.79 Å². The van der Waals surface area contributed by atoms with Crippen molar-refractivity contribution < 1.29 is 9.53 Å². The number of ether oxygens (including phenoxy) is 1. The van der Waals surface area contributed by atoms with Gasteiger partial charge >= 0.3 is 0 Å². The smallest absolute Gasteiger partial charge is 0.247 e.